The third kappa shape index (κ3) is 4.98. The van der Waals surface area contributed by atoms with E-state index >= 15 is 0 Å². The van der Waals surface area contributed by atoms with Crippen molar-refractivity contribution in [3.05, 3.63) is 66.2 Å². The van der Waals surface area contributed by atoms with E-state index in [2.05, 4.69) is 14.5 Å². The molecule has 28 heavy (non-hydrogen) atoms. The fourth-order valence-electron chi connectivity index (χ4n) is 3.07. The highest BCUT2D eigenvalue weighted by molar-refractivity contribution is 7.89. The van der Waals surface area contributed by atoms with E-state index in [4.69, 9.17) is 0 Å². The first kappa shape index (κ1) is 20.1. The summed E-state index contributed by atoms with van der Waals surface area (Å²) in [7, 11) is -1.44. The zero-order valence-corrected chi connectivity index (χ0v) is 17.4. The quantitative estimate of drug-likeness (QED) is 0.274. The fraction of sp³-hybridized carbons (Fsp3) is 0.333. The standard InChI is InChI=1S/C21H27N4O2S/c1-17(20-11-10-19-8-4-5-9-21(19)16-20)22-23-28(26,27)15-7-6-12-25-14-13-24(3)18(25)2/h4-5,8-11,13-14,16,23H,6-7,12,15H2,1-3H3/q+1/b22-17-. The van der Waals surface area contributed by atoms with Gasteiger partial charge in [0.1, 0.15) is 12.4 Å². The second kappa shape index (κ2) is 8.56. The van der Waals surface area contributed by atoms with Crippen molar-refractivity contribution in [3.8, 4) is 0 Å². The van der Waals surface area contributed by atoms with Crippen LogP contribution >= 0.6 is 0 Å². The van der Waals surface area contributed by atoms with Crippen LogP contribution in [-0.4, -0.2) is 24.4 Å². The van der Waals surface area contributed by atoms with E-state index in [0.29, 0.717) is 12.1 Å². The van der Waals surface area contributed by atoms with Crippen molar-refractivity contribution in [2.24, 2.45) is 12.1 Å². The first-order chi connectivity index (χ1) is 13.4. The Kier molecular flexibility index (Phi) is 6.14. The van der Waals surface area contributed by atoms with E-state index in [1.54, 1.807) is 6.92 Å². The largest absolute Gasteiger partial charge is 0.253 e. The first-order valence-corrected chi connectivity index (χ1v) is 11.1. The monoisotopic (exact) mass is 399 g/mol. The van der Waals surface area contributed by atoms with Gasteiger partial charge in [0.2, 0.25) is 10.0 Å². The Morgan fingerprint density at radius 2 is 1.89 bits per heavy atom. The van der Waals surface area contributed by atoms with E-state index in [0.717, 1.165) is 35.1 Å². The molecule has 7 heteroatoms. The Morgan fingerprint density at radius 3 is 2.61 bits per heavy atom. The average Bonchev–Trinajstić information content (AvgIpc) is 3.01. The van der Waals surface area contributed by atoms with E-state index in [-0.39, 0.29) is 5.75 Å². The highest BCUT2D eigenvalue weighted by Gasteiger charge is 2.12. The van der Waals surface area contributed by atoms with Gasteiger partial charge in [-0.2, -0.15) is 5.10 Å². The van der Waals surface area contributed by atoms with Crippen LogP contribution in [0.25, 0.3) is 10.8 Å². The lowest BCUT2D eigenvalue weighted by Crippen LogP contribution is -2.29. The lowest BCUT2D eigenvalue weighted by Gasteiger charge is -2.06. The predicted octanol–water partition coefficient (Wildman–Crippen LogP) is 2.90. The number of hydrogen-bond acceptors (Lipinski definition) is 3. The summed E-state index contributed by atoms with van der Waals surface area (Å²) in [4.78, 5) is 2.37. The minimum Gasteiger partial charge on any atom is -0.237 e. The number of imidazole rings is 1. The number of hydrogen-bond donors (Lipinski definition) is 1. The maximum Gasteiger partial charge on any atom is 0.253 e. The summed E-state index contributed by atoms with van der Waals surface area (Å²) in [5.74, 6) is 1.21. The second-order valence-corrected chi connectivity index (χ2v) is 8.85. The first-order valence-electron chi connectivity index (χ1n) is 9.40. The lowest BCUT2D eigenvalue weighted by molar-refractivity contribution is -0.677. The van der Waals surface area contributed by atoms with Crippen LogP contribution in [0.1, 0.15) is 31.2 Å². The van der Waals surface area contributed by atoms with Crippen LogP contribution < -0.4 is 9.40 Å². The minimum atomic E-state index is -3.44. The van der Waals surface area contributed by atoms with Crippen LogP contribution in [0.2, 0.25) is 0 Å². The molecule has 0 atom stereocenters. The molecule has 0 aliphatic carbocycles. The molecule has 148 valence electrons. The number of sulfonamides is 1. The van der Waals surface area contributed by atoms with Gasteiger partial charge >= 0.3 is 0 Å². The van der Waals surface area contributed by atoms with Crippen LogP contribution in [0, 0.1) is 6.92 Å². The van der Waals surface area contributed by atoms with Crippen molar-refractivity contribution >= 4 is 26.5 Å². The normalized spacial score (nSPS) is 12.5. The minimum absolute atomic E-state index is 0.0634. The molecule has 6 nitrogen and oxygen atoms in total. The summed E-state index contributed by atoms with van der Waals surface area (Å²) in [6, 6.07) is 14.0. The van der Waals surface area contributed by atoms with Gasteiger partial charge in [-0.05, 0) is 42.2 Å². The summed E-state index contributed by atoms with van der Waals surface area (Å²) in [6.45, 7) is 4.66. The van der Waals surface area contributed by atoms with Gasteiger partial charge in [-0.15, -0.1) is 0 Å². The molecule has 0 aliphatic heterocycles. The summed E-state index contributed by atoms with van der Waals surface area (Å²) in [5, 5.41) is 6.34. The smallest absolute Gasteiger partial charge is 0.237 e. The number of hydrazone groups is 1. The summed E-state index contributed by atoms with van der Waals surface area (Å²) in [6.07, 6.45) is 5.39. The molecule has 0 saturated carbocycles. The molecule has 1 heterocycles. The van der Waals surface area contributed by atoms with Gasteiger partial charge < -0.3 is 0 Å². The molecule has 0 amide bonds. The molecule has 2 aromatic carbocycles. The fourth-order valence-corrected chi connectivity index (χ4v) is 4.02. The van der Waals surface area contributed by atoms with Gasteiger partial charge in [-0.25, -0.2) is 22.4 Å². The van der Waals surface area contributed by atoms with Crippen LogP contribution in [0.5, 0.6) is 0 Å². The molecule has 0 radical (unpaired) electrons. The number of aryl methyl sites for hydroxylation is 2. The van der Waals surface area contributed by atoms with Crippen molar-refractivity contribution in [2.45, 2.75) is 33.2 Å². The number of nitrogens with one attached hydrogen (secondary N) is 1. The highest BCUT2D eigenvalue weighted by Crippen LogP contribution is 2.16. The third-order valence-electron chi connectivity index (χ3n) is 4.98. The molecule has 3 aromatic rings. The number of benzene rings is 2. The molecule has 0 spiro atoms. The van der Waals surface area contributed by atoms with Crippen LogP contribution in [0.3, 0.4) is 0 Å². The Hall–Kier alpha value is -2.67. The molecule has 1 aromatic heterocycles. The number of nitrogens with zero attached hydrogens (tertiary/aromatic N) is 3. The molecule has 0 fully saturated rings. The van der Waals surface area contributed by atoms with Crippen molar-refractivity contribution in [1.29, 1.82) is 0 Å². The summed E-state index contributed by atoms with van der Waals surface area (Å²) < 4.78 is 28.6. The van der Waals surface area contributed by atoms with Gasteiger partial charge in [0.25, 0.3) is 5.82 Å². The van der Waals surface area contributed by atoms with E-state index in [9.17, 15) is 8.42 Å². The third-order valence-corrected chi connectivity index (χ3v) is 6.17. The number of fused-ring (bicyclic) bond motifs is 1. The number of rotatable bonds is 8. The Morgan fingerprint density at radius 1 is 1.14 bits per heavy atom. The molecule has 3 rings (SSSR count). The van der Waals surface area contributed by atoms with Crippen molar-refractivity contribution in [2.75, 3.05) is 5.75 Å². The number of unbranched alkanes of at least 4 members (excludes halogenated alkanes) is 1. The molecule has 0 unspecified atom stereocenters. The van der Waals surface area contributed by atoms with Crippen LogP contribution in [0.4, 0.5) is 0 Å². The molecule has 0 aliphatic rings. The summed E-state index contributed by atoms with van der Waals surface area (Å²) >= 11 is 0. The highest BCUT2D eigenvalue weighted by atomic mass is 32.2. The van der Waals surface area contributed by atoms with Crippen molar-refractivity contribution < 1.29 is 13.0 Å². The van der Waals surface area contributed by atoms with E-state index in [1.807, 2.05) is 73.4 Å². The Labute approximate surface area is 166 Å². The topological polar surface area (TPSA) is 67.3 Å². The van der Waals surface area contributed by atoms with Gasteiger partial charge in [0, 0.05) is 6.92 Å². The summed E-state index contributed by atoms with van der Waals surface area (Å²) in [5.41, 5.74) is 1.54. The SMILES string of the molecule is C/C(=N/NS(=O)(=O)CCCCn1cc[n+](C)c1C)c1ccc2ccccc2c1. The molecule has 0 saturated heterocycles. The van der Waals surface area contributed by atoms with Gasteiger partial charge in [0.05, 0.1) is 25.1 Å². The van der Waals surface area contributed by atoms with E-state index < -0.39 is 10.0 Å². The zero-order valence-electron chi connectivity index (χ0n) is 16.6. The lowest BCUT2D eigenvalue weighted by atomic mass is 10.0. The molecular weight excluding hydrogens is 372 g/mol. The Bertz CT molecular complexity index is 1100. The maximum absolute atomic E-state index is 12.2. The average molecular weight is 400 g/mol. The second-order valence-electron chi connectivity index (χ2n) is 7.03. The van der Waals surface area contributed by atoms with Crippen LogP contribution in [0.15, 0.2) is 60.0 Å². The van der Waals surface area contributed by atoms with Gasteiger partial charge in [-0.3, -0.25) is 0 Å². The predicted molar refractivity (Wildman–Crippen MR) is 113 cm³/mol. The van der Waals surface area contributed by atoms with Gasteiger partial charge in [-0.1, -0.05) is 36.4 Å². The molecule has 0 bridgehead atoms. The molecular formula is C21H27N4O2S+. The number of aromatic nitrogens is 2. The van der Waals surface area contributed by atoms with Crippen LogP contribution in [-0.2, 0) is 23.6 Å². The van der Waals surface area contributed by atoms with Crippen molar-refractivity contribution in [1.82, 2.24) is 9.40 Å². The van der Waals surface area contributed by atoms with E-state index in [1.165, 1.54) is 0 Å². The molecule has 1 N–H and O–H groups in total. The zero-order chi connectivity index (χ0) is 20.1. The Balaban J connectivity index is 1.54. The maximum atomic E-state index is 12.2. The van der Waals surface area contributed by atoms with Gasteiger partial charge in [0.15, 0.2) is 0 Å². The van der Waals surface area contributed by atoms with Crippen molar-refractivity contribution in [3.63, 3.8) is 0 Å².